The average Bonchev–Trinajstić information content (AvgIpc) is 2.38. The Bertz CT molecular complexity index is 582. The highest BCUT2D eigenvalue weighted by molar-refractivity contribution is 5.61. The van der Waals surface area contributed by atoms with Crippen LogP contribution in [0.1, 0.15) is 25.1 Å². The van der Waals surface area contributed by atoms with Crippen molar-refractivity contribution in [1.29, 1.82) is 0 Å². The van der Waals surface area contributed by atoms with Crippen molar-refractivity contribution in [3.05, 3.63) is 41.6 Å². The monoisotopic (exact) mass is 271 g/mol. The fourth-order valence-corrected chi connectivity index (χ4v) is 2.18. The predicted molar refractivity (Wildman–Crippen MR) is 81.1 cm³/mol. The Morgan fingerprint density at radius 1 is 1.20 bits per heavy atom. The van der Waals surface area contributed by atoms with E-state index in [0.29, 0.717) is 24.2 Å². The zero-order valence-corrected chi connectivity index (χ0v) is 12.3. The van der Waals surface area contributed by atoms with Gasteiger partial charge in [-0.1, -0.05) is 38.1 Å². The van der Waals surface area contributed by atoms with Gasteiger partial charge in [-0.2, -0.15) is 0 Å². The summed E-state index contributed by atoms with van der Waals surface area (Å²) in [7, 11) is 1.68. The second-order valence-electron chi connectivity index (χ2n) is 5.30. The van der Waals surface area contributed by atoms with E-state index in [-0.39, 0.29) is 0 Å². The maximum absolute atomic E-state index is 5.91. The molecular weight excluding hydrogens is 250 g/mol. The smallest absolute Gasteiger partial charge is 0.162 e. The molecule has 0 saturated heterocycles. The molecule has 2 aromatic rings. The van der Waals surface area contributed by atoms with Crippen LogP contribution in [-0.4, -0.2) is 17.1 Å². The Kier molecular flexibility index (Phi) is 4.69. The molecule has 0 aliphatic rings. The minimum absolute atomic E-state index is 0.512. The molecule has 4 heteroatoms. The standard InChI is InChI=1S/C16H21N3O/c1-11(2)8-13-9-15(17)19-16(18-13)14-7-5-4-6-12(14)10-20-3/h4-7,9,11H,8,10H2,1-3H3,(H2,17,18,19). The van der Waals surface area contributed by atoms with Gasteiger partial charge in [-0.15, -0.1) is 0 Å². The summed E-state index contributed by atoms with van der Waals surface area (Å²) in [4.78, 5) is 9.01. The molecule has 0 aliphatic heterocycles. The molecule has 1 heterocycles. The van der Waals surface area contributed by atoms with E-state index in [1.165, 1.54) is 0 Å². The summed E-state index contributed by atoms with van der Waals surface area (Å²) in [5.41, 5.74) is 8.94. The van der Waals surface area contributed by atoms with Crippen LogP contribution in [0.5, 0.6) is 0 Å². The highest BCUT2D eigenvalue weighted by Crippen LogP contribution is 2.22. The molecule has 1 aromatic carbocycles. The van der Waals surface area contributed by atoms with E-state index in [4.69, 9.17) is 10.5 Å². The number of nitrogens with two attached hydrogens (primary N) is 1. The molecule has 0 bridgehead atoms. The zero-order valence-electron chi connectivity index (χ0n) is 12.3. The first-order valence-corrected chi connectivity index (χ1v) is 6.80. The largest absolute Gasteiger partial charge is 0.384 e. The van der Waals surface area contributed by atoms with Crippen LogP contribution < -0.4 is 5.73 Å². The van der Waals surface area contributed by atoms with Gasteiger partial charge in [-0.05, 0) is 17.9 Å². The molecule has 4 nitrogen and oxygen atoms in total. The summed E-state index contributed by atoms with van der Waals surface area (Å²) < 4.78 is 5.23. The van der Waals surface area contributed by atoms with Crippen LogP contribution in [0.3, 0.4) is 0 Å². The average molecular weight is 271 g/mol. The number of ether oxygens (including phenoxy) is 1. The molecule has 0 fully saturated rings. The molecule has 0 unspecified atom stereocenters. The molecule has 20 heavy (non-hydrogen) atoms. The van der Waals surface area contributed by atoms with E-state index in [2.05, 4.69) is 23.8 Å². The van der Waals surface area contributed by atoms with Gasteiger partial charge in [0, 0.05) is 24.4 Å². The third-order valence-electron chi connectivity index (χ3n) is 2.97. The van der Waals surface area contributed by atoms with Crippen LogP contribution in [0, 0.1) is 5.92 Å². The van der Waals surface area contributed by atoms with E-state index in [9.17, 15) is 0 Å². The van der Waals surface area contributed by atoms with Gasteiger partial charge < -0.3 is 10.5 Å². The van der Waals surface area contributed by atoms with Crippen molar-refractivity contribution in [1.82, 2.24) is 9.97 Å². The Morgan fingerprint density at radius 2 is 1.95 bits per heavy atom. The van der Waals surface area contributed by atoms with Crippen LogP contribution in [0.25, 0.3) is 11.4 Å². The Hall–Kier alpha value is -1.94. The van der Waals surface area contributed by atoms with Crippen molar-refractivity contribution < 1.29 is 4.74 Å². The van der Waals surface area contributed by atoms with E-state index in [1.54, 1.807) is 7.11 Å². The van der Waals surface area contributed by atoms with Crippen LogP contribution >= 0.6 is 0 Å². The summed E-state index contributed by atoms with van der Waals surface area (Å²) in [6, 6.07) is 9.83. The maximum Gasteiger partial charge on any atom is 0.162 e. The maximum atomic E-state index is 5.91. The van der Waals surface area contributed by atoms with Gasteiger partial charge in [0.25, 0.3) is 0 Å². The van der Waals surface area contributed by atoms with Gasteiger partial charge in [0.05, 0.1) is 6.61 Å². The van der Waals surface area contributed by atoms with Gasteiger partial charge in [-0.3, -0.25) is 0 Å². The highest BCUT2D eigenvalue weighted by atomic mass is 16.5. The molecular formula is C16H21N3O. The van der Waals surface area contributed by atoms with Gasteiger partial charge in [-0.25, -0.2) is 9.97 Å². The minimum atomic E-state index is 0.512. The third-order valence-corrected chi connectivity index (χ3v) is 2.97. The van der Waals surface area contributed by atoms with Gasteiger partial charge in [0.2, 0.25) is 0 Å². The topological polar surface area (TPSA) is 61.0 Å². The highest BCUT2D eigenvalue weighted by Gasteiger charge is 2.10. The fourth-order valence-electron chi connectivity index (χ4n) is 2.18. The van der Waals surface area contributed by atoms with E-state index < -0.39 is 0 Å². The van der Waals surface area contributed by atoms with Crippen molar-refractivity contribution in [2.45, 2.75) is 26.9 Å². The van der Waals surface area contributed by atoms with Crippen LogP contribution in [-0.2, 0) is 17.8 Å². The lowest BCUT2D eigenvalue weighted by atomic mass is 10.1. The number of hydrogen-bond acceptors (Lipinski definition) is 4. The second-order valence-corrected chi connectivity index (χ2v) is 5.30. The normalized spacial score (nSPS) is 11.0. The number of methoxy groups -OCH3 is 1. The lowest BCUT2D eigenvalue weighted by Gasteiger charge is -2.11. The van der Waals surface area contributed by atoms with Gasteiger partial charge in [0.15, 0.2) is 5.82 Å². The number of nitrogen functional groups attached to an aromatic ring is 1. The zero-order chi connectivity index (χ0) is 14.5. The van der Waals surface area contributed by atoms with Crippen LogP contribution in [0.2, 0.25) is 0 Å². The number of hydrogen-bond donors (Lipinski definition) is 1. The third kappa shape index (κ3) is 3.54. The van der Waals surface area contributed by atoms with Gasteiger partial charge >= 0.3 is 0 Å². The van der Waals surface area contributed by atoms with E-state index in [1.807, 2.05) is 30.3 Å². The molecule has 0 aliphatic carbocycles. The number of benzene rings is 1. The number of anilines is 1. The van der Waals surface area contributed by atoms with Crippen molar-refractivity contribution in [3.8, 4) is 11.4 Å². The summed E-state index contributed by atoms with van der Waals surface area (Å²) >= 11 is 0. The summed E-state index contributed by atoms with van der Waals surface area (Å²) in [5, 5.41) is 0. The Balaban J connectivity index is 2.44. The molecule has 2 rings (SSSR count). The summed E-state index contributed by atoms with van der Waals surface area (Å²) in [6.07, 6.45) is 0.895. The molecule has 2 N–H and O–H groups in total. The first kappa shape index (κ1) is 14.5. The molecule has 0 atom stereocenters. The number of aromatic nitrogens is 2. The van der Waals surface area contributed by atoms with E-state index in [0.717, 1.165) is 23.2 Å². The Morgan fingerprint density at radius 3 is 2.65 bits per heavy atom. The van der Waals surface area contributed by atoms with Crippen molar-refractivity contribution >= 4 is 5.82 Å². The second kappa shape index (κ2) is 6.48. The molecule has 0 spiro atoms. The first-order valence-electron chi connectivity index (χ1n) is 6.80. The lowest BCUT2D eigenvalue weighted by Crippen LogP contribution is -2.04. The van der Waals surface area contributed by atoms with Crippen LogP contribution in [0.15, 0.2) is 30.3 Å². The SMILES string of the molecule is COCc1ccccc1-c1nc(N)cc(CC(C)C)n1. The predicted octanol–water partition coefficient (Wildman–Crippen LogP) is 3.07. The number of nitrogens with zero attached hydrogens (tertiary/aromatic N) is 2. The fraction of sp³-hybridized carbons (Fsp3) is 0.375. The van der Waals surface area contributed by atoms with Crippen molar-refractivity contribution in [2.75, 3.05) is 12.8 Å². The van der Waals surface area contributed by atoms with Crippen molar-refractivity contribution in [2.24, 2.45) is 5.92 Å². The van der Waals surface area contributed by atoms with Crippen molar-refractivity contribution in [3.63, 3.8) is 0 Å². The molecule has 0 saturated carbocycles. The Labute approximate surface area is 120 Å². The van der Waals surface area contributed by atoms with Gasteiger partial charge in [0.1, 0.15) is 5.82 Å². The molecule has 0 amide bonds. The first-order chi connectivity index (χ1) is 9.60. The summed E-state index contributed by atoms with van der Waals surface area (Å²) in [6.45, 7) is 4.86. The molecule has 0 radical (unpaired) electrons. The molecule has 106 valence electrons. The van der Waals surface area contributed by atoms with E-state index >= 15 is 0 Å². The molecule has 1 aromatic heterocycles. The minimum Gasteiger partial charge on any atom is -0.384 e. The quantitative estimate of drug-likeness (QED) is 0.907. The number of rotatable bonds is 5. The van der Waals surface area contributed by atoms with Crippen LogP contribution in [0.4, 0.5) is 5.82 Å². The lowest BCUT2D eigenvalue weighted by molar-refractivity contribution is 0.185. The summed E-state index contributed by atoms with van der Waals surface area (Å²) in [5.74, 6) is 1.72.